The van der Waals surface area contributed by atoms with E-state index in [0.29, 0.717) is 34.1 Å². The van der Waals surface area contributed by atoms with Crippen LogP contribution in [-0.2, 0) is 4.79 Å². The topological polar surface area (TPSA) is 74.2 Å². The predicted octanol–water partition coefficient (Wildman–Crippen LogP) is 4.46. The molecular formula is C23H24O6. The number of aliphatic hydroxyl groups excluding tert-OH is 1. The van der Waals surface area contributed by atoms with Crippen molar-refractivity contribution in [3.05, 3.63) is 71.5 Å². The van der Waals surface area contributed by atoms with E-state index < -0.39 is 0 Å². The molecule has 29 heavy (non-hydrogen) atoms. The van der Waals surface area contributed by atoms with Gasteiger partial charge in [-0.05, 0) is 60.7 Å². The summed E-state index contributed by atoms with van der Waals surface area (Å²) in [7, 11) is 6.22. The van der Waals surface area contributed by atoms with Gasteiger partial charge in [0.1, 0.15) is 28.8 Å². The minimum atomic E-state index is -0.380. The van der Waals surface area contributed by atoms with Crippen LogP contribution in [0.3, 0.4) is 0 Å². The zero-order valence-electron chi connectivity index (χ0n) is 16.8. The van der Waals surface area contributed by atoms with Gasteiger partial charge in [-0.3, -0.25) is 4.79 Å². The fourth-order valence-electron chi connectivity index (χ4n) is 2.53. The number of methoxy groups -OCH3 is 4. The van der Waals surface area contributed by atoms with Crippen LogP contribution in [0.1, 0.15) is 11.1 Å². The molecule has 0 radical (unpaired) electrons. The summed E-state index contributed by atoms with van der Waals surface area (Å²) in [5.41, 5.74) is 1.39. The second-order valence-corrected chi connectivity index (χ2v) is 5.85. The van der Waals surface area contributed by atoms with Crippen LogP contribution in [0.2, 0.25) is 0 Å². The fraction of sp³-hybridized carbons (Fsp3) is 0.174. The largest absolute Gasteiger partial charge is 0.508 e. The molecule has 0 saturated carbocycles. The van der Waals surface area contributed by atoms with Crippen LogP contribution >= 0.6 is 0 Å². The first-order valence-electron chi connectivity index (χ1n) is 8.75. The molecule has 0 aliphatic rings. The Kier molecular flexibility index (Phi) is 7.91. The number of benzene rings is 2. The van der Waals surface area contributed by atoms with E-state index in [-0.39, 0.29) is 11.5 Å². The molecule has 0 amide bonds. The van der Waals surface area contributed by atoms with Crippen LogP contribution in [0.4, 0.5) is 0 Å². The van der Waals surface area contributed by atoms with Gasteiger partial charge in [-0.25, -0.2) is 0 Å². The molecule has 2 rings (SSSR count). The lowest BCUT2D eigenvalue weighted by Gasteiger charge is -2.07. The molecule has 0 atom stereocenters. The summed E-state index contributed by atoms with van der Waals surface area (Å²) in [4.78, 5) is 12.1. The molecule has 0 aliphatic heterocycles. The standard InChI is InChI=1S/C23H24O6/c1-26-20-9-11-22(28-3)16(13-20)5-7-18(24)15-19(25)8-6-17-14-21(27-2)10-12-23(17)29-4/h5-15,24H,1-4H3/b7-5+,8-6+,18-15-. The Labute approximate surface area is 170 Å². The number of carbonyl (C=O) groups excluding carboxylic acids is 1. The zero-order valence-corrected chi connectivity index (χ0v) is 16.8. The maximum Gasteiger partial charge on any atom is 0.182 e. The molecule has 152 valence electrons. The molecule has 0 heterocycles. The average molecular weight is 396 g/mol. The predicted molar refractivity (Wildman–Crippen MR) is 113 cm³/mol. The van der Waals surface area contributed by atoms with Crippen molar-refractivity contribution in [2.45, 2.75) is 0 Å². The number of allylic oxidation sites excluding steroid dienone is 3. The van der Waals surface area contributed by atoms with Gasteiger partial charge in [0.05, 0.1) is 28.4 Å². The number of rotatable bonds is 9. The van der Waals surface area contributed by atoms with Crippen LogP contribution in [0.15, 0.2) is 60.4 Å². The van der Waals surface area contributed by atoms with Gasteiger partial charge < -0.3 is 24.1 Å². The third kappa shape index (κ3) is 6.17. The van der Waals surface area contributed by atoms with Crippen molar-refractivity contribution < 1.29 is 28.8 Å². The van der Waals surface area contributed by atoms with Crippen molar-refractivity contribution in [2.24, 2.45) is 0 Å². The van der Waals surface area contributed by atoms with Crippen LogP contribution in [-0.4, -0.2) is 39.3 Å². The number of hydrogen-bond donors (Lipinski definition) is 1. The van der Waals surface area contributed by atoms with Gasteiger partial charge in [0, 0.05) is 17.2 Å². The van der Waals surface area contributed by atoms with E-state index in [4.69, 9.17) is 18.9 Å². The molecule has 0 saturated heterocycles. The van der Waals surface area contributed by atoms with Gasteiger partial charge in [0.25, 0.3) is 0 Å². The van der Waals surface area contributed by atoms with Crippen molar-refractivity contribution in [1.29, 1.82) is 0 Å². The average Bonchev–Trinajstić information content (AvgIpc) is 2.75. The van der Waals surface area contributed by atoms with Crippen molar-refractivity contribution >= 4 is 17.9 Å². The summed E-state index contributed by atoms with van der Waals surface area (Å²) >= 11 is 0. The van der Waals surface area contributed by atoms with Gasteiger partial charge in [-0.1, -0.05) is 0 Å². The molecular weight excluding hydrogens is 372 g/mol. The Bertz CT molecular complexity index is 940. The van der Waals surface area contributed by atoms with Crippen molar-refractivity contribution in [3.63, 3.8) is 0 Å². The first kappa shape index (κ1) is 21.6. The monoisotopic (exact) mass is 396 g/mol. The third-order valence-corrected chi connectivity index (χ3v) is 4.02. The van der Waals surface area contributed by atoms with Crippen LogP contribution in [0.5, 0.6) is 23.0 Å². The summed E-state index contributed by atoms with van der Waals surface area (Å²) in [5, 5.41) is 10.1. The van der Waals surface area contributed by atoms with E-state index in [1.165, 1.54) is 12.2 Å². The van der Waals surface area contributed by atoms with E-state index in [1.54, 1.807) is 77.0 Å². The summed E-state index contributed by atoms with van der Waals surface area (Å²) < 4.78 is 20.9. The zero-order chi connectivity index (χ0) is 21.2. The summed E-state index contributed by atoms with van der Waals surface area (Å²) in [6, 6.07) is 10.6. The number of ether oxygens (including phenoxy) is 4. The molecule has 2 aromatic rings. The van der Waals surface area contributed by atoms with E-state index in [9.17, 15) is 9.90 Å². The maximum atomic E-state index is 12.1. The molecule has 0 bridgehead atoms. The highest BCUT2D eigenvalue weighted by Gasteiger charge is 2.04. The van der Waals surface area contributed by atoms with Gasteiger partial charge in [-0.15, -0.1) is 0 Å². The highest BCUT2D eigenvalue weighted by molar-refractivity contribution is 6.02. The highest BCUT2D eigenvalue weighted by atomic mass is 16.5. The smallest absolute Gasteiger partial charge is 0.182 e. The lowest BCUT2D eigenvalue weighted by molar-refractivity contribution is -0.110. The molecule has 0 aliphatic carbocycles. The Morgan fingerprint density at radius 1 is 0.759 bits per heavy atom. The third-order valence-electron chi connectivity index (χ3n) is 4.02. The van der Waals surface area contributed by atoms with Gasteiger partial charge in [-0.2, -0.15) is 0 Å². The first-order valence-corrected chi connectivity index (χ1v) is 8.75. The summed E-state index contributed by atoms with van der Waals surface area (Å²) in [6.07, 6.45) is 7.10. The first-order chi connectivity index (χ1) is 14.0. The Hall–Kier alpha value is -3.67. The van der Waals surface area contributed by atoms with E-state index in [2.05, 4.69) is 0 Å². The molecule has 2 aromatic carbocycles. The van der Waals surface area contributed by atoms with Crippen molar-refractivity contribution in [1.82, 2.24) is 0 Å². The number of hydrogen-bond acceptors (Lipinski definition) is 6. The molecule has 1 N–H and O–H groups in total. The van der Waals surface area contributed by atoms with Crippen molar-refractivity contribution in [3.8, 4) is 23.0 Å². The minimum absolute atomic E-state index is 0.192. The SMILES string of the molecule is COc1ccc(OC)c(/C=C/C(=O)/C=C(O)/C=C/c2cc(OC)ccc2OC)c1. The second-order valence-electron chi connectivity index (χ2n) is 5.85. The second kappa shape index (κ2) is 10.6. The Morgan fingerprint density at radius 3 is 1.69 bits per heavy atom. The van der Waals surface area contributed by atoms with Gasteiger partial charge >= 0.3 is 0 Å². The molecule has 6 nitrogen and oxygen atoms in total. The minimum Gasteiger partial charge on any atom is -0.508 e. The fourth-order valence-corrected chi connectivity index (χ4v) is 2.53. The van der Waals surface area contributed by atoms with Crippen LogP contribution in [0.25, 0.3) is 12.2 Å². The molecule has 6 heteroatoms. The molecule has 0 fully saturated rings. The van der Waals surface area contributed by atoms with Crippen molar-refractivity contribution in [2.75, 3.05) is 28.4 Å². The highest BCUT2D eigenvalue weighted by Crippen LogP contribution is 2.26. The number of carbonyl (C=O) groups is 1. The van der Waals surface area contributed by atoms with Gasteiger partial charge in [0.2, 0.25) is 0 Å². The number of aliphatic hydroxyl groups is 1. The Morgan fingerprint density at radius 2 is 1.24 bits per heavy atom. The van der Waals surface area contributed by atoms with E-state index in [0.717, 1.165) is 6.08 Å². The van der Waals surface area contributed by atoms with E-state index in [1.807, 2.05) is 0 Å². The lowest BCUT2D eigenvalue weighted by atomic mass is 10.1. The van der Waals surface area contributed by atoms with Gasteiger partial charge in [0.15, 0.2) is 5.78 Å². The van der Waals surface area contributed by atoms with Crippen LogP contribution in [0, 0.1) is 0 Å². The van der Waals surface area contributed by atoms with E-state index >= 15 is 0 Å². The lowest BCUT2D eigenvalue weighted by Crippen LogP contribution is -1.92. The molecule has 0 aromatic heterocycles. The number of ketones is 1. The van der Waals surface area contributed by atoms with Crippen LogP contribution < -0.4 is 18.9 Å². The Balaban J connectivity index is 2.15. The summed E-state index contributed by atoms with van der Waals surface area (Å²) in [5.74, 6) is 1.95. The molecule has 0 spiro atoms. The normalized spacial score (nSPS) is 11.7. The summed E-state index contributed by atoms with van der Waals surface area (Å²) in [6.45, 7) is 0. The molecule has 0 unspecified atom stereocenters. The quantitative estimate of drug-likeness (QED) is 0.383. The maximum absolute atomic E-state index is 12.1.